The number of benzene rings is 3. The Kier molecular flexibility index (Phi) is 9.55. The first-order valence-corrected chi connectivity index (χ1v) is 15.0. The zero-order chi connectivity index (χ0) is 30.4. The Morgan fingerprint density at radius 2 is 1.67 bits per heavy atom. The van der Waals surface area contributed by atoms with Crippen molar-refractivity contribution in [2.75, 3.05) is 23.8 Å². The normalized spacial score (nSPS) is 14.2. The van der Waals surface area contributed by atoms with Gasteiger partial charge in [-0.25, -0.2) is 0 Å². The van der Waals surface area contributed by atoms with E-state index in [9.17, 15) is 27.6 Å². The van der Waals surface area contributed by atoms with Crippen molar-refractivity contribution in [2.45, 2.75) is 18.7 Å². The molecule has 1 aliphatic heterocycles. The Morgan fingerprint density at radius 1 is 1.00 bits per heavy atom. The van der Waals surface area contributed by atoms with Crippen molar-refractivity contribution in [1.29, 1.82) is 0 Å². The highest BCUT2D eigenvalue weighted by Gasteiger charge is 2.36. The molecule has 42 heavy (non-hydrogen) atoms. The summed E-state index contributed by atoms with van der Waals surface area (Å²) in [6, 6.07) is 16.7. The van der Waals surface area contributed by atoms with E-state index in [-0.39, 0.29) is 38.8 Å². The number of thioether (sulfide) groups is 1. The van der Waals surface area contributed by atoms with Gasteiger partial charge in [0.2, 0.25) is 17.6 Å². The van der Waals surface area contributed by atoms with E-state index in [4.69, 9.17) is 20.5 Å². The van der Waals surface area contributed by atoms with Crippen molar-refractivity contribution in [1.82, 2.24) is 4.90 Å². The second-order valence-corrected chi connectivity index (χ2v) is 11.6. The number of amides is 4. The van der Waals surface area contributed by atoms with Crippen LogP contribution in [0.4, 0.5) is 16.2 Å². The molecule has 0 bridgehead atoms. The molecule has 0 saturated carbocycles. The molecule has 4 amide bonds. The van der Waals surface area contributed by atoms with Crippen LogP contribution in [0.5, 0.6) is 11.5 Å². The number of hydrogen-bond acceptors (Lipinski definition) is 9. The molecule has 1 aliphatic rings. The number of rotatable bonds is 10. The van der Waals surface area contributed by atoms with E-state index >= 15 is 0 Å². The molecule has 3 aromatic carbocycles. The topological polar surface area (TPSA) is 148 Å². The molecule has 1 heterocycles. The van der Waals surface area contributed by atoms with Gasteiger partial charge in [0.15, 0.2) is 5.75 Å². The molecular weight excluding hydrogens is 606 g/mol. The molecule has 0 unspecified atom stereocenters. The molecule has 3 aromatic rings. The fourth-order valence-corrected chi connectivity index (χ4v) is 5.83. The Labute approximate surface area is 250 Å². The lowest BCUT2D eigenvalue weighted by Crippen LogP contribution is -2.36. The van der Waals surface area contributed by atoms with Gasteiger partial charge in [-0.05, 0) is 78.9 Å². The van der Waals surface area contributed by atoms with Crippen LogP contribution < -0.4 is 19.6 Å². The van der Waals surface area contributed by atoms with Gasteiger partial charge < -0.3 is 19.6 Å². The summed E-state index contributed by atoms with van der Waals surface area (Å²) < 4.78 is 36.8. The van der Waals surface area contributed by atoms with Gasteiger partial charge in [0.25, 0.3) is 11.1 Å². The number of carbonyl (C=O) groups excluding carboxylic acids is 4. The molecular formula is C28H24ClN3O8S2. The number of carbonyl (C=O) groups is 4. The Morgan fingerprint density at radius 3 is 2.31 bits per heavy atom. The highest BCUT2D eigenvalue weighted by molar-refractivity contribution is 8.18. The van der Waals surface area contributed by atoms with Crippen LogP contribution in [0.3, 0.4) is 0 Å². The Hall–Kier alpha value is -4.33. The summed E-state index contributed by atoms with van der Waals surface area (Å²) in [6.45, 7) is 2.66. The second-order valence-electron chi connectivity index (χ2n) is 8.69. The number of ether oxygens (including phenoxy) is 1. The summed E-state index contributed by atoms with van der Waals surface area (Å²) in [5.41, 5.74) is 1.25. The van der Waals surface area contributed by atoms with Crippen molar-refractivity contribution in [3.63, 3.8) is 0 Å². The summed E-state index contributed by atoms with van der Waals surface area (Å²) in [5.74, 6) is -1.82. The summed E-state index contributed by atoms with van der Waals surface area (Å²) in [7, 11) is -4.35. The first-order chi connectivity index (χ1) is 20.0. The lowest BCUT2D eigenvalue weighted by molar-refractivity contribution is -0.127. The smallest absolute Gasteiger partial charge is 0.339 e. The van der Waals surface area contributed by atoms with Crippen LogP contribution in [0.2, 0.25) is 5.02 Å². The van der Waals surface area contributed by atoms with Gasteiger partial charge in [0.1, 0.15) is 11.4 Å². The minimum absolute atomic E-state index is 0.0174. The lowest BCUT2D eigenvalue weighted by atomic mass is 10.2. The van der Waals surface area contributed by atoms with Crippen LogP contribution >= 0.6 is 23.4 Å². The lowest BCUT2D eigenvalue weighted by Gasteiger charge is -2.15. The molecule has 2 N–H and O–H groups in total. The van der Waals surface area contributed by atoms with Crippen molar-refractivity contribution < 1.29 is 36.5 Å². The predicted octanol–water partition coefficient (Wildman–Crippen LogP) is 5.14. The molecule has 0 aromatic heterocycles. The molecule has 0 atom stereocenters. The van der Waals surface area contributed by atoms with Crippen LogP contribution in [-0.4, -0.2) is 49.4 Å². The minimum Gasteiger partial charge on any atom is -0.490 e. The molecule has 0 radical (unpaired) electrons. The average molecular weight is 630 g/mol. The summed E-state index contributed by atoms with van der Waals surface area (Å²) in [6.07, 6.45) is 1.38. The van der Waals surface area contributed by atoms with E-state index in [0.29, 0.717) is 28.7 Å². The molecule has 1 fully saturated rings. The summed E-state index contributed by atoms with van der Waals surface area (Å²) in [4.78, 5) is 49.7. The molecule has 218 valence electrons. The zero-order valence-electron chi connectivity index (χ0n) is 22.3. The van der Waals surface area contributed by atoms with E-state index in [1.54, 1.807) is 37.3 Å². The quantitative estimate of drug-likeness (QED) is 0.230. The van der Waals surface area contributed by atoms with Gasteiger partial charge in [-0.15, -0.1) is 0 Å². The Balaban J connectivity index is 1.54. The number of imide groups is 1. The van der Waals surface area contributed by atoms with Crippen molar-refractivity contribution >= 4 is 73.9 Å². The van der Waals surface area contributed by atoms with E-state index in [0.717, 1.165) is 4.90 Å². The van der Waals surface area contributed by atoms with Crippen LogP contribution in [0, 0.1) is 0 Å². The van der Waals surface area contributed by atoms with Crippen LogP contribution in [-0.2, 0) is 24.5 Å². The first-order valence-electron chi connectivity index (χ1n) is 12.4. The van der Waals surface area contributed by atoms with Crippen molar-refractivity contribution in [3.8, 4) is 11.5 Å². The highest BCUT2D eigenvalue weighted by Crippen LogP contribution is 2.40. The summed E-state index contributed by atoms with van der Waals surface area (Å²) in [5, 5.41) is 4.41. The van der Waals surface area contributed by atoms with Gasteiger partial charge >= 0.3 is 10.1 Å². The predicted molar refractivity (Wildman–Crippen MR) is 159 cm³/mol. The third-order valence-electron chi connectivity index (χ3n) is 5.52. The summed E-state index contributed by atoms with van der Waals surface area (Å²) >= 11 is 7.05. The molecule has 4 rings (SSSR count). The first kappa shape index (κ1) is 30.6. The van der Waals surface area contributed by atoms with Crippen molar-refractivity contribution in [2.24, 2.45) is 0 Å². The van der Waals surface area contributed by atoms with E-state index in [1.165, 1.54) is 49.4 Å². The maximum Gasteiger partial charge on any atom is 0.339 e. The second kappa shape index (κ2) is 13.1. The van der Waals surface area contributed by atoms with E-state index in [2.05, 4.69) is 10.6 Å². The number of nitrogens with zero attached hydrogens (tertiary/aromatic N) is 1. The zero-order valence-corrected chi connectivity index (χ0v) is 24.6. The maximum atomic E-state index is 13.0. The third-order valence-corrected chi connectivity index (χ3v) is 7.94. The highest BCUT2D eigenvalue weighted by atomic mass is 35.5. The maximum absolute atomic E-state index is 13.0. The average Bonchev–Trinajstić information content (AvgIpc) is 3.18. The molecule has 0 aliphatic carbocycles. The molecule has 14 heteroatoms. The fraction of sp³-hybridized carbons (Fsp3) is 0.143. The van der Waals surface area contributed by atoms with Crippen molar-refractivity contribution in [3.05, 3.63) is 82.2 Å². The van der Waals surface area contributed by atoms with Gasteiger partial charge in [0, 0.05) is 18.3 Å². The molecule has 11 nitrogen and oxygen atoms in total. The third kappa shape index (κ3) is 7.49. The number of para-hydroxylation sites is 1. The number of anilines is 2. The van der Waals surface area contributed by atoms with Gasteiger partial charge in [-0.3, -0.25) is 24.1 Å². The minimum atomic E-state index is -4.35. The van der Waals surface area contributed by atoms with Gasteiger partial charge in [-0.1, -0.05) is 29.8 Å². The number of halogens is 1. The van der Waals surface area contributed by atoms with Gasteiger partial charge in [-0.2, -0.15) is 8.42 Å². The fourth-order valence-electron chi connectivity index (χ4n) is 3.73. The number of hydrogen-bond donors (Lipinski definition) is 2. The SMILES string of the molecule is CCOc1cc(/C=C2\SC(=O)N(CC(=O)Nc3ccccc3)C2=O)cc(Cl)c1OS(=O)(=O)c1ccc(NC(C)=O)cc1. The number of nitrogens with one attached hydrogen (secondary N) is 2. The van der Waals surface area contributed by atoms with E-state index < -0.39 is 33.7 Å². The standard InChI is InChI=1S/C28H24ClN3O8S2/c1-3-39-23-14-18(13-22(29)26(23)40-42(37,38)21-11-9-20(10-12-21)30-17(2)33)15-24-27(35)32(28(36)41-24)16-25(34)31-19-7-5-4-6-8-19/h4-15H,3,16H2,1-2H3,(H,30,33)(H,31,34)/b24-15-. The monoisotopic (exact) mass is 629 g/mol. The van der Waals surface area contributed by atoms with Crippen LogP contribution in [0.1, 0.15) is 19.4 Å². The molecule has 0 spiro atoms. The van der Waals surface area contributed by atoms with Crippen LogP contribution in [0.15, 0.2) is 76.5 Å². The Bertz CT molecular complexity index is 1680. The largest absolute Gasteiger partial charge is 0.490 e. The van der Waals surface area contributed by atoms with Crippen LogP contribution in [0.25, 0.3) is 6.08 Å². The van der Waals surface area contributed by atoms with Gasteiger partial charge in [0.05, 0.1) is 16.5 Å². The van der Waals surface area contributed by atoms with E-state index in [1.807, 2.05) is 0 Å². The molecule has 1 saturated heterocycles.